The molecule has 0 unspecified atom stereocenters. The molecule has 1 aliphatic carbocycles. The zero-order chi connectivity index (χ0) is 6.85. The second kappa shape index (κ2) is 2.21. The van der Waals surface area contributed by atoms with Gasteiger partial charge in [-0.25, -0.2) is 0 Å². The first-order chi connectivity index (χ1) is 4.20. The maximum Gasteiger partial charge on any atom is 0.159 e. The highest BCUT2D eigenvalue weighted by atomic mass is 16.3. The summed E-state index contributed by atoms with van der Waals surface area (Å²) in [7, 11) is 0. The van der Waals surface area contributed by atoms with E-state index in [2.05, 4.69) is 0 Å². The summed E-state index contributed by atoms with van der Waals surface area (Å²) in [6, 6.07) is 0. The van der Waals surface area contributed by atoms with E-state index < -0.39 is 0 Å². The molecule has 0 saturated carbocycles. The van der Waals surface area contributed by atoms with Crippen LogP contribution in [0.2, 0.25) is 0 Å². The van der Waals surface area contributed by atoms with Gasteiger partial charge in [0.25, 0.3) is 0 Å². The van der Waals surface area contributed by atoms with Crippen LogP contribution in [0.3, 0.4) is 0 Å². The minimum absolute atomic E-state index is 0.0469. The Kier molecular flexibility index (Phi) is 1.56. The normalized spacial score (nSPS) is 27.9. The van der Waals surface area contributed by atoms with E-state index in [-0.39, 0.29) is 17.5 Å². The van der Waals surface area contributed by atoms with Crippen LogP contribution in [0.4, 0.5) is 0 Å². The van der Waals surface area contributed by atoms with Crippen LogP contribution in [-0.2, 0) is 4.79 Å². The molecule has 1 rings (SSSR count). The third-order valence-corrected chi connectivity index (χ3v) is 1.64. The first-order valence-electron chi connectivity index (χ1n) is 3.13. The van der Waals surface area contributed by atoms with E-state index in [9.17, 15) is 4.79 Å². The van der Waals surface area contributed by atoms with Crippen molar-refractivity contribution in [3.05, 3.63) is 11.8 Å². The molecule has 0 spiro atoms. The number of carbonyl (C=O) groups is 1. The molecule has 2 nitrogen and oxygen atoms in total. The lowest BCUT2D eigenvalue weighted by molar-refractivity contribution is -0.115. The lowest BCUT2D eigenvalue weighted by atomic mass is 9.95. The zero-order valence-corrected chi connectivity index (χ0v) is 5.42. The highest BCUT2D eigenvalue weighted by Crippen LogP contribution is 2.19. The molecule has 0 bridgehead atoms. The summed E-state index contributed by atoms with van der Waals surface area (Å²) in [5.41, 5.74) is 0. The van der Waals surface area contributed by atoms with Crippen LogP contribution in [0.1, 0.15) is 19.8 Å². The van der Waals surface area contributed by atoms with Gasteiger partial charge >= 0.3 is 0 Å². The number of allylic oxidation sites excluding steroid dienone is 2. The van der Waals surface area contributed by atoms with Crippen molar-refractivity contribution in [3.63, 3.8) is 0 Å². The van der Waals surface area contributed by atoms with E-state index in [1.807, 2.05) is 6.92 Å². The van der Waals surface area contributed by atoms with Gasteiger partial charge in [-0.3, -0.25) is 4.79 Å². The van der Waals surface area contributed by atoms with Gasteiger partial charge < -0.3 is 5.11 Å². The van der Waals surface area contributed by atoms with Gasteiger partial charge in [0.2, 0.25) is 0 Å². The van der Waals surface area contributed by atoms with Crippen molar-refractivity contribution < 1.29 is 9.90 Å². The Bertz CT molecular complexity index is 158. The van der Waals surface area contributed by atoms with Crippen molar-refractivity contribution in [3.8, 4) is 0 Å². The molecule has 0 fully saturated rings. The van der Waals surface area contributed by atoms with Gasteiger partial charge in [-0.05, 0) is 6.42 Å². The topological polar surface area (TPSA) is 37.3 Å². The minimum atomic E-state index is 0.0469. The zero-order valence-electron chi connectivity index (χ0n) is 5.42. The van der Waals surface area contributed by atoms with Crippen LogP contribution >= 0.6 is 0 Å². The summed E-state index contributed by atoms with van der Waals surface area (Å²) in [5, 5.41) is 8.99. The summed E-state index contributed by atoms with van der Waals surface area (Å²) in [6.07, 6.45) is 2.71. The molecule has 9 heavy (non-hydrogen) atoms. The van der Waals surface area contributed by atoms with E-state index in [1.54, 1.807) is 0 Å². The Hall–Kier alpha value is -0.790. The van der Waals surface area contributed by atoms with E-state index in [0.29, 0.717) is 6.42 Å². The highest BCUT2D eigenvalue weighted by molar-refractivity contribution is 5.90. The van der Waals surface area contributed by atoms with E-state index >= 15 is 0 Å². The van der Waals surface area contributed by atoms with Crippen LogP contribution < -0.4 is 0 Å². The van der Waals surface area contributed by atoms with Crippen molar-refractivity contribution in [1.29, 1.82) is 0 Å². The predicted molar refractivity (Wildman–Crippen MR) is 34.1 cm³/mol. The number of rotatable bonds is 0. The minimum Gasteiger partial charge on any atom is -0.512 e. The number of hydrogen-bond donors (Lipinski definition) is 1. The first kappa shape index (κ1) is 6.33. The summed E-state index contributed by atoms with van der Waals surface area (Å²) >= 11 is 0. The van der Waals surface area contributed by atoms with Crippen LogP contribution in [0.25, 0.3) is 0 Å². The number of aliphatic hydroxyl groups excluding tert-OH is 1. The van der Waals surface area contributed by atoms with Crippen LogP contribution in [0.5, 0.6) is 0 Å². The molecule has 0 aromatic carbocycles. The predicted octanol–water partition coefficient (Wildman–Crippen LogP) is 1.43. The van der Waals surface area contributed by atoms with Crippen molar-refractivity contribution in [2.75, 3.05) is 0 Å². The molecule has 2 heteroatoms. The lowest BCUT2D eigenvalue weighted by Crippen LogP contribution is -2.10. The third-order valence-electron chi connectivity index (χ3n) is 1.64. The van der Waals surface area contributed by atoms with Crippen molar-refractivity contribution in [1.82, 2.24) is 0 Å². The van der Waals surface area contributed by atoms with Gasteiger partial charge in [0.05, 0.1) is 5.76 Å². The maximum absolute atomic E-state index is 10.6. The van der Waals surface area contributed by atoms with Gasteiger partial charge in [-0.2, -0.15) is 0 Å². The molecule has 1 atom stereocenters. The Morgan fingerprint density at radius 2 is 2.44 bits per heavy atom. The second-order valence-electron chi connectivity index (χ2n) is 2.48. The summed E-state index contributed by atoms with van der Waals surface area (Å²) in [6.45, 7) is 1.91. The first-order valence-corrected chi connectivity index (χ1v) is 3.13. The molecule has 0 saturated heterocycles. The Morgan fingerprint density at radius 3 is 2.89 bits per heavy atom. The van der Waals surface area contributed by atoms with E-state index in [4.69, 9.17) is 5.11 Å². The average Bonchev–Trinajstić information content (AvgIpc) is 1.80. The molecule has 0 aromatic rings. The average molecular weight is 126 g/mol. The van der Waals surface area contributed by atoms with E-state index in [0.717, 1.165) is 6.42 Å². The second-order valence-corrected chi connectivity index (χ2v) is 2.48. The van der Waals surface area contributed by atoms with Crippen LogP contribution in [0, 0.1) is 5.92 Å². The van der Waals surface area contributed by atoms with Crippen molar-refractivity contribution in [2.24, 2.45) is 5.92 Å². The smallest absolute Gasteiger partial charge is 0.159 e. The third kappa shape index (κ3) is 1.31. The fourth-order valence-corrected chi connectivity index (χ4v) is 0.886. The highest BCUT2D eigenvalue weighted by Gasteiger charge is 2.15. The molecular weight excluding hydrogens is 116 g/mol. The number of carbonyl (C=O) groups excluding carboxylic acids is 1. The quantitative estimate of drug-likeness (QED) is 0.533. The number of ketones is 1. The largest absolute Gasteiger partial charge is 0.512 e. The molecule has 1 N–H and O–H groups in total. The monoisotopic (exact) mass is 126 g/mol. The SMILES string of the molecule is C[C@@H]1CCC(=O)C=C1O. The molecule has 0 heterocycles. The van der Waals surface area contributed by atoms with Gasteiger partial charge in [-0.1, -0.05) is 6.92 Å². The molecule has 0 aliphatic heterocycles. The molecule has 50 valence electrons. The van der Waals surface area contributed by atoms with E-state index in [1.165, 1.54) is 6.08 Å². The van der Waals surface area contributed by atoms with Crippen molar-refractivity contribution in [2.45, 2.75) is 19.8 Å². The number of aliphatic hydroxyl groups is 1. The van der Waals surface area contributed by atoms with Gasteiger partial charge in [0.1, 0.15) is 0 Å². The van der Waals surface area contributed by atoms with Gasteiger partial charge in [0.15, 0.2) is 5.78 Å². The molecule has 1 aliphatic rings. The fraction of sp³-hybridized carbons (Fsp3) is 0.571. The Morgan fingerprint density at radius 1 is 1.78 bits per heavy atom. The lowest BCUT2D eigenvalue weighted by Gasteiger charge is -2.13. The molecule has 0 radical (unpaired) electrons. The molecular formula is C7H10O2. The Balaban J connectivity index is 2.72. The summed E-state index contributed by atoms with van der Waals surface area (Å²) < 4.78 is 0. The standard InChI is InChI=1S/C7H10O2/c1-5-2-3-6(8)4-7(5)9/h4-5,9H,2-3H2,1H3/t5-/m1/s1. The summed E-state index contributed by atoms with van der Waals surface area (Å²) in [5.74, 6) is 0.472. The summed E-state index contributed by atoms with van der Waals surface area (Å²) in [4.78, 5) is 10.6. The van der Waals surface area contributed by atoms with Crippen LogP contribution in [0.15, 0.2) is 11.8 Å². The number of hydrogen-bond acceptors (Lipinski definition) is 2. The Labute approximate surface area is 54.2 Å². The fourth-order valence-electron chi connectivity index (χ4n) is 0.886. The van der Waals surface area contributed by atoms with Crippen molar-refractivity contribution >= 4 is 5.78 Å². The molecule has 0 aromatic heterocycles. The maximum atomic E-state index is 10.6. The van der Waals surface area contributed by atoms with Gasteiger partial charge in [0, 0.05) is 18.4 Å². The molecule has 0 amide bonds. The van der Waals surface area contributed by atoms with Gasteiger partial charge in [-0.15, -0.1) is 0 Å². The van der Waals surface area contributed by atoms with Crippen LogP contribution in [-0.4, -0.2) is 10.9 Å².